The smallest absolute Gasteiger partial charge is 0.413 e. The first-order valence-electron chi connectivity index (χ1n) is 3.71. The Hall–Kier alpha value is -1.24. The molecule has 0 fully saturated rings. The first-order chi connectivity index (χ1) is 5.35. The topological polar surface area (TPSA) is 42.7 Å². The zero-order valence-electron chi connectivity index (χ0n) is 7.84. The van der Waals surface area contributed by atoms with Crippen LogP contribution in [0.1, 0.15) is 27.7 Å². The van der Waals surface area contributed by atoms with Crippen molar-refractivity contribution < 1.29 is 9.53 Å². The van der Waals surface area contributed by atoms with Gasteiger partial charge in [-0.25, -0.2) is 11.4 Å². The third kappa shape index (κ3) is 5.54. The number of nitrogens with zero attached hydrogens (tertiary/aromatic N) is 1. The normalized spacial score (nSPS) is 12.9. The first-order valence-corrected chi connectivity index (χ1v) is 3.71. The molecule has 0 aromatic carbocycles. The average molecular weight is 170 g/mol. The molecule has 0 spiro atoms. The Kier molecular flexibility index (Phi) is 3.55. The van der Waals surface area contributed by atoms with Gasteiger partial charge in [0.2, 0.25) is 0 Å². The van der Waals surface area contributed by atoms with Gasteiger partial charge in [0, 0.05) is 6.92 Å². The fourth-order valence-electron chi connectivity index (χ4n) is 0.510. The lowest BCUT2D eigenvalue weighted by Gasteiger charge is -2.19. The van der Waals surface area contributed by atoms with Crippen LogP contribution in [0.25, 0.3) is 4.85 Å². The molecule has 0 aliphatic heterocycles. The highest BCUT2D eigenvalue weighted by Crippen LogP contribution is 2.06. The van der Waals surface area contributed by atoms with Crippen molar-refractivity contribution in [1.82, 2.24) is 5.32 Å². The maximum Gasteiger partial charge on any atom is 0.413 e. The van der Waals surface area contributed by atoms with E-state index in [4.69, 9.17) is 11.3 Å². The van der Waals surface area contributed by atoms with Crippen LogP contribution in [0, 0.1) is 6.57 Å². The largest absolute Gasteiger partial charge is 0.444 e. The van der Waals surface area contributed by atoms with Gasteiger partial charge in [-0.1, -0.05) is 0 Å². The van der Waals surface area contributed by atoms with E-state index in [1.807, 2.05) is 0 Å². The van der Waals surface area contributed by atoms with Gasteiger partial charge >= 0.3 is 6.09 Å². The first kappa shape index (κ1) is 10.8. The molecule has 0 aliphatic carbocycles. The Morgan fingerprint density at radius 2 is 2.08 bits per heavy atom. The summed E-state index contributed by atoms with van der Waals surface area (Å²) in [4.78, 5) is 14.0. The number of nitrogens with one attached hydrogen (secondary N) is 1. The number of carbonyl (C=O) groups excluding carboxylic acids is 1. The molecule has 0 aromatic heterocycles. The highest BCUT2D eigenvalue weighted by molar-refractivity contribution is 5.68. The molecular weight excluding hydrogens is 156 g/mol. The summed E-state index contributed by atoms with van der Waals surface area (Å²) in [5.74, 6) is 0. The number of ether oxygens (including phenoxy) is 1. The molecule has 0 radical (unpaired) electrons. The summed E-state index contributed by atoms with van der Waals surface area (Å²) in [6.07, 6.45) is -1.08. The fraction of sp³-hybridized carbons (Fsp3) is 0.750. The lowest BCUT2D eigenvalue weighted by molar-refractivity contribution is 0.0517. The van der Waals surface area contributed by atoms with Crippen LogP contribution < -0.4 is 5.32 Å². The second-order valence-corrected chi connectivity index (χ2v) is 3.45. The molecule has 68 valence electrons. The van der Waals surface area contributed by atoms with E-state index in [1.54, 1.807) is 27.7 Å². The van der Waals surface area contributed by atoms with Gasteiger partial charge in [0.05, 0.1) is 0 Å². The van der Waals surface area contributed by atoms with Crippen LogP contribution in [0.15, 0.2) is 0 Å². The molecule has 0 saturated carbocycles. The van der Waals surface area contributed by atoms with E-state index >= 15 is 0 Å². The van der Waals surface area contributed by atoms with Crippen molar-refractivity contribution >= 4 is 6.09 Å². The van der Waals surface area contributed by atoms with E-state index in [-0.39, 0.29) is 0 Å². The summed E-state index contributed by atoms with van der Waals surface area (Å²) in [5, 5.41) is 2.37. The summed E-state index contributed by atoms with van der Waals surface area (Å²) in [5.41, 5.74) is -0.508. The van der Waals surface area contributed by atoms with Crippen molar-refractivity contribution in [2.45, 2.75) is 39.5 Å². The number of amides is 1. The summed E-state index contributed by atoms with van der Waals surface area (Å²) in [7, 11) is 0. The van der Waals surface area contributed by atoms with Crippen molar-refractivity contribution in [2.75, 3.05) is 0 Å². The zero-order valence-corrected chi connectivity index (χ0v) is 7.84. The summed E-state index contributed by atoms with van der Waals surface area (Å²) < 4.78 is 4.92. The minimum atomic E-state index is -0.550. The molecule has 1 amide bonds. The molecule has 0 unspecified atom stereocenters. The number of hydrogen-bond donors (Lipinski definition) is 1. The van der Waals surface area contributed by atoms with Crippen molar-refractivity contribution in [1.29, 1.82) is 0 Å². The number of alkyl carbamates (subject to hydrolysis) is 1. The Balaban J connectivity index is 3.85. The van der Waals surface area contributed by atoms with E-state index in [2.05, 4.69) is 10.2 Å². The van der Waals surface area contributed by atoms with Gasteiger partial charge in [-0.2, -0.15) is 0 Å². The van der Waals surface area contributed by atoms with E-state index in [9.17, 15) is 4.79 Å². The number of carbonyl (C=O) groups is 1. The van der Waals surface area contributed by atoms with E-state index in [1.165, 1.54) is 0 Å². The van der Waals surface area contributed by atoms with Crippen LogP contribution in [0.5, 0.6) is 0 Å². The molecule has 0 bridgehead atoms. The SMILES string of the molecule is [C-]#[N+][C@@H](C)NC(=O)OC(C)(C)C. The third-order valence-electron chi connectivity index (χ3n) is 0.919. The minimum Gasteiger partial charge on any atom is -0.444 e. The fourth-order valence-corrected chi connectivity index (χ4v) is 0.510. The molecule has 0 saturated heterocycles. The van der Waals surface area contributed by atoms with Crippen molar-refractivity contribution in [3.8, 4) is 0 Å². The van der Waals surface area contributed by atoms with Crippen molar-refractivity contribution in [2.24, 2.45) is 0 Å². The standard InChI is InChI=1S/C8H14N2O2/c1-6(9-5)10-7(11)12-8(2,3)4/h6H,1-4H3,(H,10,11)/t6-/m1/s1. The molecule has 4 nitrogen and oxygen atoms in total. The van der Waals surface area contributed by atoms with Gasteiger partial charge in [0.15, 0.2) is 0 Å². The average Bonchev–Trinajstić information content (AvgIpc) is 1.82. The third-order valence-corrected chi connectivity index (χ3v) is 0.919. The molecular formula is C8H14N2O2. The maximum absolute atomic E-state index is 11.0. The van der Waals surface area contributed by atoms with Gasteiger partial charge in [-0.15, -0.1) is 0 Å². The van der Waals surface area contributed by atoms with Crippen LogP contribution in [0.3, 0.4) is 0 Å². The second-order valence-electron chi connectivity index (χ2n) is 3.45. The zero-order chi connectivity index (χ0) is 9.78. The quantitative estimate of drug-likeness (QED) is 0.609. The Morgan fingerprint density at radius 1 is 1.58 bits per heavy atom. The predicted molar refractivity (Wildman–Crippen MR) is 45.4 cm³/mol. The molecule has 1 atom stereocenters. The van der Waals surface area contributed by atoms with Crippen LogP contribution >= 0.6 is 0 Å². The summed E-state index contributed by atoms with van der Waals surface area (Å²) in [6.45, 7) is 13.5. The van der Waals surface area contributed by atoms with Crippen LogP contribution in [0.4, 0.5) is 4.79 Å². The molecule has 4 heteroatoms. The van der Waals surface area contributed by atoms with Gasteiger partial charge in [-0.05, 0) is 20.8 Å². The minimum absolute atomic E-state index is 0.508. The van der Waals surface area contributed by atoms with Crippen molar-refractivity contribution in [3.63, 3.8) is 0 Å². The van der Waals surface area contributed by atoms with Gasteiger partial charge < -0.3 is 4.74 Å². The lowest BCUT2D eigenvalue weighted by Crippen LogP contribution is -2.36. The van der Waals surface area contributed by atoms with Crippen LogP contribution in [0.2, 0.25) is 0 Å². The molecule has 0 aliphatic rings. The summed E-state index contributed by atoms with van der Waals surface area (Å²) >= 11 is 0. The molecule has 1 N–H and O–H groups in total. The van der Waals surface area contributed by atoms with Crippen molar-refractivity contribution in [3.05, 3.63) is 11.4 Å². The van der Waals surface area contributed by atoms with E-state index in [0.29, 0.717) is 0 Å². The Labute approximate surface area is 72.7 Å². The molecule has 0 heterocycles. The summed E-state index contributed by atoms with van der Waals surface area (Å²) in [6, 6.07) is 0. The monoisotopic (exact) mass is 170 g/mol. The lowest BCUT2D eigenvalue weighted by atomic mass is 10.2. The molecule has 0 rings (SSSR count). The Morgan fingerprint density at radius 3 is 2.42 bits per heavy atom. The highest BCUT2D eigenvalue weighted by Gasteiger charge is 2.18. The number of hydrogen-bond acceptors (Lipinski definition) is 2. The Bertz CT molecular complexity index is 200. The van der Waals surface area contributed by atoms with Gasteiger partial charge in [0.25, 0.3) is 6.17 Å². The van der Waals surface area contributed by atoms with Gasteiger partial charge in [0.1, 0.15) is 5.60 Å². The van der Waals surface area contributed by atoms with E-state index in [0.717, 1.165) is 0 Å². The second kappa shape index (κ2) is 3.96. The molecule has 0 aromatic rings. The van der Waals surface area contributed by atoms with Gasteiger partial charge in [-0.3, -0.25) is 10.2 Å². The predicted octanol–water partition coefficient (Wildman–Crippen LogP) is 1.78. The highest BCUT2D eigenvalue weighted by atomic mass is 16.6. The number of rotatable bonds is 1. The van der Waals surface area contributed by atoms with E-state index < -0.39 is 17.9 Å². The maximum atomic E-state index is 11.0. The van der Waals surface area contributed by atoms with Crippen LogP contribution in [-0.4, -0.2) is 17.9 Å². The van der Waals surface area contributed by atoms with Crippen LogP contribution in [-0.2, 0) is 4.74 Å². The molecule has 12 heavy (non-hydrogen) atoms.